The Labute approximate surface area is 270 Å². The fourth-order valence-corrected chi connectivity index (χ4v) is 4.20. The van der Waals surface area contributed by atoms with Crippen LogP contribution in [-0.4, -0.2) is 118 Å². The van der Waals surface area contributed by atoms with E-state index in [0.29, 0.717) is 19.3 Å². The Bertz CT molecular complexity index is 1130. The molecular formula is C28H46N6O13. The van der Waals surface area contributed by atoms with Crippen LogP contribution in [0, 0.1) is 0 Å². The maximum absolute atomic E-state index is 13.2. The first-order valence-corrected chi connectivity index (χ1v) is 15.0. The molecular weight excluding hydrogens is 628 g/mol. The fraction of sp³-hybridized carbons (Fsp3) is 0.679. The van der Waals surface area contributed by atoms with E-state index in [9.17, 15) is 43.2 Å². The molecule has 0 aliphatic rings. The van der Waals surface area contributed by atoms with Gasteiger partial charge in [-0.05, 0) is 58.9 Å². The lowest BCUT2D eigenvalue weighted by Gasteiger charge is -2.25. The minimum absolute atomic E-state index is 0.0487. The van der Waals surface area contributed by atoms with Crippen LogP contribution in [0.2, 0.25) is 0 Å². The average molecular weight is 675 g/mol. The summed E-state index contributed by atoms with van der Waals surface area (Å²) in [4.78, 5) is 108. The van der Waals surface area contributed by atoms with Crippen molar-refractivity contribution in [1.29, 1.82) is 0 Å². The number of carbonyl (C=O) groups is 9. The normalized spacial score (nSPS) is 13.9. The highest BCUT2D eigenvalue weighted by Crippen LogP contribution is 2.07. The highest BCUT2D eigenvalue weighted by molar-refractivity contribution is 5.95. The van der Waals surface area contributed by atoms with Crippen molar-refractivity contribution in [3.8, 4) is 0 Å². The van der Waals surface area contributed by atoms with Crippen molar-refractivity contribution in [2.45, 2.75) is 108 Å². The zero-order chi connectivity index (χ0) is 36.1. The Morgan fingerprint density at radius 1 is 0.532 bits per heavy atom. The van der Waals surface area contributed by atoms with E-state index < -0.39 is 110 Å². The molecule has 0 rings (SSSR count). The molecule has 0 bridgehead atoms. The molecule has 0 aromatic rings. The molecule has 0 aliphatic heterocycles. The van der Waals surface area contributed by atoms with Crippen molar-refractivity contribution >= 4 is 53.3 Å². The number of nitrogens with two attached hydrogens (primary N) is 1. The zero-order valence-corrected chi connectivity index (χ0v) is 26.4. The molecule has 0 unspecified atom stereocenters. The minimum atomic E-state index is -1.62. The summed E-state index contributed by atoms with van der Waals surface area (Å²) in [5, 5.41) is 48.4. The quantitative estimate of drug-likeness (QED) is 0.0431. The van der Waals surface area contributed by atoms with E-state index in [1.807, 2.05) is 0 Å². The summed E-state index contributed by atoms with van der Waals surface area (Å²) >= 11 is 0. The average Bonchev–Trinajstić information content (AvgIpc) is 2.98. The molecule has 5 atom stereocenters. The van der Waals surface area contributed by atoms with Gasteiger partial charge >= 0.3 is 23.9 Å². The third kappa shape index (κ3) is 19.5. The maximum atomic E-state index is 13.2. The summed E-state index contributed by atoms with van der Waals surface area (Å²) in [6, 6.07) is -6.32. The molecule has 0 heterocycles. The van der Waals surface area contributed by atoms with Crippen LogP contribution in [0.4, 0.5) is 0 Å². The number of aliphatic carboxylic acids is 4. The van der Waals surface area contributed by atoms with Crippen molar-refractivity contribution in [2.24, 2.45) is 5.73 Å². The topological polar surface area (TPSA) is 321 Å². The van der Waals surface area contributed by atoms with Gasteiger partial charge in [-0.15, -0.1) is 0 Å². The largest absolute Gasteiger partial charge is 0.481 e. The Hall–Kier alpha value is -4.65. The molecule has 0 aromatic heterocycles. The molecule has 0 radical (unpaired) electrons. The Morgan fingerprint density at radius 3 is 1.30 bits per heavy atom. The van der Waals surface area contributed by atoms with E-state index in [1.165, 1.54) is 6.92 Å². The number of unbranched alkanes of at least 4 members (excludes halogenated alkanes) is 1. The number of nitrogens with one attached hydrogen (secondary N) is 5. The first kappa shape index (κ1) is 42.3. The van der Waals surface area contributed by atoms with E-state index in [4.69, 9.17) is 26.2 Å². The van der Waals surface area contributed by atoms with E-state index in [0.717, 1.165) is 0 Å². The maximum Gasteiger partial charge on any atom is 0.303 e. The van der Waals surface area contributed by atoms with Crippen molar-refractivity contribution in [3.63, 3.8) is 0 Å². The lowest BCUT2D eigenvalue weighted by Crippen LogP contribution is -2.58. The summed E-state index contributed by atoms with van der Waals surface area (Å²) in [6.07, 6.45) is -2.35. The predicted molar refractivity (Wildman–Crippen MR) is 162 cm³/mol. The van der Waals surface area contributed by atoms with Gasteiger partial charge in [0.2, 0.25) is 23.6 Å². The molecule has 0 saturated carbocycles. The fourth-order valence-electron chi connectivity index (χ4n) is 4.20. The van der Waals surface area contributed by atoms with Crippen LogP contribution in [0.15, 0.2) is 0 Å². The number of hydrogen-bond acceptors (Lipinski definition) is 11. The summed E-state index contributed by atoms with van der Waals surface area (Å²) < 4.78 is 0. The SMILES string of the molecule is CN[C@@H](CCCCNC(=O)[C@H](CCC(=O)O)NC(=O)[C@H](CCC(=O)O)NC(=O)[C@H](CCC(=O)O)NC(=O)[C@@H](N)CCC(=O)O)C(C)=O. The summed E-state index contributed by atoms with van der Waals surface area (Å²) in [7, 11) is 1.64. The molecule has 0 spiro atoms. The number of amides is 4. The molecule has 11 N–H and O–H groups in total. The molecule has 266 valence electrons. The Balaban J connectivity index is 5.75. The van der Waals surface area contributed by atoms with Crippen molar-refractivity contribution in [1.82, 2.24) is 26.6 Å². The molecule has 19 heteroatoms. The Morgan fingerprint density at radius 2 is 0.915 bits per heavy atom. The molecule has 0 fully saturated rings. The van der Waals surface area contributed by atoms with Crippen LogP contribution < -0.4 is 32.3 Å². The number of carboxylic acids is 4. The number of hydrogen-bond donors (Lipinski definition) is 10. The molecule has 19 nitrogen and oxygen atoms in total. The number of carbonyl (C=O) groups excluding carboxylic acids is 5. The van der Waals surface area contributed by atoms with Gasteiger partial charge in [0, 0.05) is 32.2 Å². The predicted octanol–water partition coefficient (Wildman–Crippen LogP) is -2.31. The van der Waals surface area contributed by atoms with Crippen LogP contribution >= 0.6 is 0 Å². The van der Waals surface area contributed by atoms with E-state index in [2.05, 4.69) is 26.6 Å². The summed E-state index contributed by atoms with van der Waals surface area (Å²) in [5.74, 6) is -9.09. The van der Waals surface area contributed by atoms with E-state index in [-0.39, 0.29) is 31.2 Å². The van der Waals surface area contributed by atoms with Crippen molar-refractivity contribution in [2.75, 3.05) is 13.6 Å². The molecule has 0 saturated heterocycles. The highest BCUT2D eigenvalue weighted by Gasteiger charge is 2.31. The van der Waals surface area contributed by atoms with E-state index in [1.54, 1.807) is 7.05 Å². The van der Waals surface area contributed by atoms with Gasteiger partial charge in [0.15, 0.2) is 0 Å². The van der Waals surface area contributed by atoms with Gasteiger partial charge < -0.3 is 52.7 Å². The first-order valence-electron chi connectivity index (χ1n) is 15.0. The van der Waals surface area contributed by atoms with Crippen LogP contribution in [-0.2, 0) is 43.2 Å². The lowest BCUT2D eigenvalue weighted by atomic mass is 10.0. The van der Waals surface area contributed by atoms with Gasteiger partial charge in [0.1, 0.15) is 23.9 Å². The second-order valence-electron chi connectivity index (χ2n) is 10.8. The number of Topliss-reactive ketones (excluding diaryl/α,β-unsaturated/α-hetero) is 1. The summed E-state index contributed by atoms with van der Waals surface area (Å²) in [5.41, 5.74) is 5.67. The smallest absolute Gasteiger partial charge is 0.303 e. The number of ketones is 1. The molecule has 4 amide bonds. The molecule has 0 aromatic carbocycles. The zero-order valence-electron chi connectivity index (χ0n) is 26.4. The number of likely N-dealkylation sites (N-methyl/N-ethyl adjacent to an activating group) is 1. The van der Waals surface area contributed by atoms with Gasteiger partial charge in [-0.3, -0.25) is 43.2 Å². The number of rotatable bonds is 26. The third-order valence-corrected chi connectivity index (χ3v) is 6.90. The third-order valence-electron chi connectivity index (χ3n) is 6.90. The lowest BCUT2D eigenvalue weighted by molar-refractivity contribution is -0.140. The van der Waals surface area contributed by atoms with Gasteiger partial charge in [-0.25, -0.2) is 0 Å². The standard InChI is InChI=1S/C28H46N6O13/c1-15(35)17(30-2)5-3-4-14-31-26(45)18(7-11-22(38)39)33-28(47)20(9-13-24(42)43)34-27(46)19(8-12-23(40)41)32-25(44)16(29)6-10-21(36)37/h16-20,30H,3-14,29H2,1-2H3,(H,31,45)(H,32,44)(H,33,47)(H,34,46)(H,36,37)(H,38,39)(H,40,41)(H,42,43)/t16-,17-,18-,19-,20-/m0/s1. The minimum Gasteiger partial charge on any atom is -0.481 e. The van der Waals surface area contributed by atoms with Gasteiger partial charge in [-0.1, -0.05) is 0 Å². The molecule has 0 aliphatic carbocycles. The second-order valence-corrected chi connectivity index (χ2v) is 10.8. The molecule has 47 heavy (non-hydrogen) atoms. The van der Waals surface area contributed by atoms with Crippen molar-refractivity contribution in [3.05, 3.63) is 0 Å². The van der Waals surface area contributed by atoms with Gasteiger partial charge in [0.25, 0.3) is 0 Å². The van der Waals surface area contributed by atoms with Crippen LogP contribution in [0.25, 0.3) is 0 Å². The number of carboxylic acid groups (broad SMARTS) is 4. The van der Waals surface area contributed by atoms with E-state index >= 15 is 0 Å². The van der Waals surface area contributed by atoms with Crippen molar-refractivity contribution < 1.29 is 63.6 Å². The second kappa shape index (κ2) is 22.8. The Kier molecular flexibility index (Phi) is 20.5. The highest BCUT2D eigenvalue weighted by atomic mass is 16.4. The summed E-state index contributed by atoms with van der Waals surface area (Å²) in [6.45, 7) is 1.57. The monoisotopic (exact) mass is 674 g/mol. The first-order chi connectivity index (χ1) is 22.0. The van der Waals surface area contributed by atoms with Gasteiger partial charge in [0.05, 0.1) is 12.1 Å². The van der Waals surface area contributed by atoms with Gasteiger partial charge in [-0.2, -0.15) is 0 Å². The van der Waals surface area contributed by atoms with Crippen LogP contribution in [0.1, 0.15) is 77.6 Å². The van der Waals surface area contributed by atoms with Crippen LogP contribution in [0.3, 0.4) is 0 Å². The van der Waals surface area contributed by atoms with Crippen LogP contribution in [0.5, 0.6) is 0 Å².